The molecule has 2 atom stereocenters. The second-order valence-electron chi connectivity index (χ2n) is 4.74. The fourth-order valence-electron chi connectivity index (χ4n) is 2.60. The van der Waals surface area contributed by atoms with E-state index in [-0.39, 0.29) is 5.69 Å². The molecule has 0 amide bonds. The number of nitrogens with zero attached hydrogens (tertiary/aromatic N) is 2. The molecule has 0 aromatic carbocycles. The summed E-state index contributed by atoms with van der Waals surface area (Å²) in [6.45, 7) is 4.42. The van der Waals surface area contributed by atoms with E-state index in [0.29, 0.717) is 12.1 Å². The lowest BCUT2D eigenvalue weighted by atomic mass is 9.97. The monoisotopic (exact) mass is 234 g/mol. The first-order valence-electron chi connectivity index (χ1n) is 6.07. The molecule has 1 aromatic heterocycles. The zero-order valence-electron chi connectivity index (χ0n) is 10.3. The van der Waals surface area contributed by atoms with Crippen molar-refractivity contribution in [1.82, 2.24) is 4.98 Å². The lowest BCUT2D eigenvalue weighted by molar-refractivity contribution is 0.0690. The third kappa shape index (κ3) is 2.40. The molecule has 0 bridgehead atoms. The summed E-state index contributed by atoms with van der Waals surface area (Å²) in [6, 6.07) is 4.42. The number of hydrogen-bond acceptors (Lipinski definition) is 3. The Labute approximate surface area is 101 Å². The fraction of sp³-hybridized carbons (Fsp3) is 0.538. The highest BCUT2D eigenvalue weighted by Crippen LogP contribution is 2.28. The average Bonchev–Trinajstić information content (AvgIpc) is 2.29. The first kappa shape index (κ1) is 11.9. The van der Waals surface area contributed by atoms with Gasteiger partial charge in [-0.1, -0.05) is 0 Å². The Morgan fingerprint density at radius 3 is 2.47 bits per heavy atom. The molecule has 1 aliphatic rings. The average molecular weight is 234 g/mol. The van der Waals surface area contributed by atoms with Crippen molar-refractivity contribution in [3.63, 3.8) is 0 Å². The minimum atomic E-state index is -0.976. The Kier molecular flexibility index (Phi) is 3.31. The van der Waals surface area contributed by atoms with Crippen LogP contribution in [0.2, 0.25) is 0 Å². The van der Waals surface area contributed by atoms with Crippen molar-refractivity contribution < 1.29 is 9.90 Å². The molecule has 92 valence electrons. The maximum atomic E-state index is 10.7. The van der Waals surface area contributed by atoms with Crippen LogP contribution < -0.4 is 4.90 Å². The Balaban J connectivity index is 2.23. The van der Waals surface area contributed by atoms with Gasteiger partial charge in [0.15, 0.2) is 0 Å². The predicted octanol–water partition coefficient (Wildman–Crippen LogP) is 2.55. The summed E-state index contributed by atoms with van der Waals surface area (Å²) < 4.78 is 0. The van der Waals surface area contributed by atoms with Crippen molar-refractivity contribution in [2.24, 2.45) is 0 Å². The van der Waals surface area contributed by atoms with Crippen LogP contribution >= 0.6 is 0 Å². The Bertz CT molecular complexity index is 392. The number of carboxylic acids is 1. The number of hydrogen-bond donors (Lipinski definition) is 1. The van der Waals surface area contributed by atoms with E-state index in [0.717, 1.165) is 5.69 Å². The van der Waals surface area contributed by atoms with Crippen molar-refractivity contribution in [1.29, 1.82) is 0 Å². The summed E-state index contributed by atoms with van der Waals surface area (Å²) in [5, 5.41) is 8.81. The van der Waals surface area contributed by atoms with Gasteiger partial charge in [-0.25, -0.2) is 9.78 Å². The van der Waals surface area contributed by atoms with Crippen LogP contribution in [-0.4, -0.2) is 28.1 Å². The van der Waals surface area contributed by atoms with E-state index in [1.54, 1.807) is 12.3 Å². The van der Waals surface area contributed by atoms with Crippen molar-refractivity contribution in [2.75, 3.05) is 4.90 Å². The lowest BCUT2D eigenvalue weighted by Gasteiger charge is -2.40. The number of carbonyl (C=O) groups is 1. The minimum absolute atomic E-state index is 0.103. The quantitative estimate of drug-likeness (QED) is 0.854. The molecule has 1 N–H and O–H groups in total. The predicted molar refractivity (Wildman–Crippen MR) is 66.5 cm³/mol. The highest BCUT2D eigenvalue weighted by Gasteiger charge is 2.25. The van der Waals surface area contributed by atoms with E-state index in [9.17, 15) is 4.79 Å². The second-order valence-corrected chi connectivity index (χ2v) is 4.74. The SMILES string of the molecule is C[C@@H]1CCC[C@H](C)N1c1ccc(C(=O)O)nc1. The molecular weight excluding hydrogens is 216 g/mol. The van der Waals surface area contributed by atoms with Crippen LogP contribution in [0.1, 0.15) is 43.6 Å². The van der Waals surface area contributed by atoms with Gasteiger partial charge in [0.25, 0.3) is 0 Å². The van der Waals surface area contributed by atoms with Crippen LogP contribution in [0.4, 0.5) is 5.69 Å². The van der Waals surface area contributed by atoms with Gasteiger partial charge in [0.05, 0.1) is 11.9 Å². The normalized spacial score (nSPS) is 24.7. The Hall–Kier alpha value is -1.58. The van der Waals surface area contributed by atoms with Gasteiger partial charge in [0.1, 0.15) is 5.69 Å². The zero-order valence-corrected chi connectivity index (χ0v) is 10.3. The summed E-state index contributed by atoms with van der Waals surface area (Å²) in [5.74, 6) is -0.976. The molecule has 1 fully saturated rings. The van der Waals surface area contributed by atoms with Crippen LogP contribution in [-0.2, 0) is 0 Å². The molecule has 2 heterocycles. The number of carboxylic acid groups (broad SMARTS) is 1. The first-order chi connectivity index (χ1) is 8.09. The van der Waals surface area contributed by atoms with E-state index >= 15 is 0 Å². The van der Waals surface area contributed by atoms with Crippen molar-refractivity contribution in [3.05, 3.63) is 24.0 Å². The largest absolute Gasteiger partial charge is 0.477 e. The topological polar surface area (TPSA) is 53.4 Å². The van der Waals surface area contributed by atoms with Crippen LogP contribution in [0.25, 0.3) is 0 Å². The maximum absolute atomic E-state index is 10.7. The fourth-order valence-corrected chi connectivity index (χ4v) is 2.60. The molecular formula is C13H18N2O2. The Morgan fingerprint density at radius 1 is 1.35 bits per heavy atom. The van der Waals surface area contributed by atoms with Gasteiger partial charge in [-0.05, 0) is 45.2 Å². The summed E-state index contributed by atoms with van der Waals surface area (Å²) in [6.07, 6.45) is 5.30. The minimum Gasteiger partial charge on any atom is -0.477 e. The van der Waals surface area contributed by atoms with Gasteiger partial charge in [0.2, 0.25) is 0 Å². The third-order valence-electron chi connectivity index (χ3n) is 3.46. The number of aromatic nitrogens is 1. The van der Waals surface area contributed by atoms with Crippen molar-refractivity contribution in [3.8, 4) is 0 Å². The summed E-state index contributed by atoms with van der Waals surface area (Å²) in [7, 11) is 0. The zero-order chi connectivity index (χ0) is 12.4. The molecule has 1 aliphatic heterocycles. The van der Waals surface area contributed by atoms with Crippen LogP contribution in [0, 0.1) is 0 Å². The number of pyridine rings is 1. The number of rotatable bonds is 2. The standard InChI is InChI=1S/C13H18N2O2/c1-9-4-3-5-10(2)15(9)11-6-7-12(13(16)17)14-8-11/h6-10H,3-5H2,1-2H3,(H,16,17)/t9-,10+. The van der Waals surface area contributed by atoms with E-state index < -0.39 is 5.97 Å². The first-order valence-corrected chi connectivity index (χ1v) is 6.07. The number of anilines is 1. The van der Waals surface area contributed by atoms with E-state index in [1.807, 2.05) is 6.07 Å². The number of piperidine rings is 1. The van der Waals surface area contributed by atoms with Crippen molar-refractivity contribution in [2.45, 2.75) is 45.2 Å². The second kappa shape index (κ2) is 4.73. The summed E-state index contributed by atoms with van der Waals surface area (Å²) >= 11 is 0. The van der Waals surface area contributed by atoms with Gasteiger partial charge in [-0.3, -0.25) is 0 Å². The van der Waals surface area contributed by atoms with Gasteiger partial charge in [-0.15, -0.1) is 0 Å². The molecule has 4 heteroatoms. The molecule has 0 unspecified atom stereocenters. The van der Waals surface area contributed by atoms with Crippen molar-refractivity contribution >= 4 is 11.7 Å². The van der Waals surface area contributed by atoms with E-state index in [1.165, 1.54) is 19.3 Å². The molecule has 17 heavy (non-hydrogen) atoms. The van der Waals surface area contributed by atoms with Gasteiger partial charge in [-0.2, -0.15) is 0 Å². The smallest absolute Gasteiger partial charge is 0.354 e. The highest BCUT2D eigenvalue weighted by atomic mass is 16.4. The molecule has 1 aromatic rings. The van der Waals surface area contributed by atoms with Crippen LogP contribution in [0.15, 0.2) is 18.3 Å². The molecule has 1 saturated heterocycles. The van der Waals surface area contributed by atoms with Gasteiger partial charge < -0.3 is 10.0 Å². The molecule has 4 nitrogen and oxygen atoms in total. The maximum Gasteiger partial charge on any atom is 0.354 e. The molecule has 2 rings (SSSR count). The number of aromatic carboxylic acids is 1. The van der Waals surface area contributed by atoms with Gasteiger partial charge >= 0.3 is 5.97 Å². The lowest BCUT2D eigenvalue weighted by Crippen LogP contribution is -2.43. The highest BCUT2D eigenvalue weighted by molar-refractivity contribution is 5.85. The van der Waals surface area contributed by atoms with E-state index in [2.05, 4.69) is 23.7 Å². The molecule has 0 spiro atoms. The Morgan fingerprint density at radius 2 is 2.00 bits per heavy atom. The summed E-state index contributed by atoms with van der Waals surface area (Å²) in [4.78, 5) is 17.1. The third-order valence-corrected chi connectivity index (χ3v) is 3.46. The van der Waals surface area contributed by atoms with Gasteiger partial charge in [0, 0.05) is 12.1 Å². The molecule has 0 radical (unpaired) electrons. The van der Waals surface area contributed by atoms with E-state index in [4.69, 9.17) is 5.11 Å². The van der Waals surface area contributed by atoms with Crippen LogP contribution in [0.5, 0.6) is 0 Å². The molecule has 0 aliphatic carbocycles. The van der Waals surface area contributed by atoms with Crippen LogP contribution in [0.3, 0.4) is 0 Å². The summed E-state index contributed by atoms with van der Waals surface area (Å²) in [5.41, 5.74) is 1.13. The molecule has 0 saturated carbocycles.